The summed E-state index contributed by atoms with van der Waals surface area (Å²) < 4.78 is 24.3. The van der Waals surface area contributed by atoms with E-state index in [2.05, 4.69) is 5.32 Å². The maximum absolute atomic E-state index is 12.1. The van der Waals surface area contributed by atoms with Gasteiger partial charge in [0.2, 0.25) is 0 Å². The quantitative estimate of drug-likeness (QED) is 0.802. The van der Waals surface area contributed by atoms with Crippen LogP contribution in [0.4, 0.5) is 0 Å². The van der Waals surface area contributed by atoms with Gasteiger partial charge in [0.25, 0.3) is 0 Å². The van der Waals surface area contributed by atoms with Gasteiger partial charge in [-0.25, -0.2) is 8.42 Å². The first-order valence-corrected chi connectivity index (χ1v) is 7.57. The van der Waals surface area contributed by atoms with E-state index in [0.717, 1.165) is 25.7 Å². The molecule has 3 nitrogen and oxygen atoms in total. The molecule has 0 bridgehead atoms. The van der Waals surface area contributed by atoms with Crippen LogP contribution in [0.1, 0.15) is 39.5 Å². The van der Waals surface area contributed by atoms with Crippen LogP contribution >= 0.6 is 0 Å². The zero-order chi connectivity index (χ0) is 11.5. The molecular weight excluding hydrogens is 210 g/mol. The predicted molar refractivity (Wildman–Crippen MR) is 63.7 cm³/mol. The van der Waals surface area contributed by atoms with Crippen molar-refractivity contribution in [3.05, 3.63) is 0 Å². The Morgan fingerprint density at radius 1 is 1.27 bits per heavy atom. The molecule has 1 aliphatic carbocycles. The lowest BCUT2D eigenvalue weighted by Gasteiger charge is -2.31. The van der Waals surface area contributed by atoms with E-state index in [1.807, 2.05) is 20.9 Å². The molecule has 1 fully saturated rings. The van der Waals surface area contributed by atoms with Crippen molar-refractivity contribution in [2.75, 3.05) is 12.8 Å². The average molecular weight is 233 g/mol. The van der Waals surface area contributed by atoms with Crippen LogP contribution in [-0.2, 0) is 9.84 Å². The maximum Gasteiger partial charge on any atom is 0.154 e. The molecule has 2 unspecified atom stereocenters. The molecule has 0 heterocycles. The van der Waals surface area contributed by atoms with Crippen LogP contribution in [0.3, 0.4) is 0 Å². The summed E-state index contributed by atoms with van der Waals surface area (Å²) >= 11 is 0. The Balaban J connectivity index is 2.74. The smallest absolute Gasteiger partial charge is 0.154 e. The minimum absolute atomic E-state index is 0.154. The minimum Gasteiger partial charge on any atom is -0.316 e. The number of rotatable bonds is 4. The van der Waals surface area contributed by atoms with Crippen LogP contribution in [0.2, 0.25) is 0 Å². The number of hydrogen-bond donors (Lipinski definition) is 1. The van der Waals surface area contributed by atoms with Gasteiger partial charge in [-0.3, -0.25) is 0 Å². The van der Waals surface area contributed by atoms with Gasteiger partial charge in [0.05, 0.1) is 11.0 Å². The molecular formula is C11H23NO2S. The fourth-order valence-electron chi connectivity index (χ4n) is 2.45. The maximum atomic E-state index is 12.1. The van der Waals surface area contributed by atoms with Crippen molar-refractivity contribution in [1.82, 2.24) is 5.32 Å². The van der Waals surface area contributed by atoms with E-state index in [9.17, 15) is 8.42 Å². The van der Waals surface area contributed by atoms with Crippen LogP contribution in [0.5, 0.6) is 0 Å². The Kier molecular flexibility index (Phi) is 4.59. The minimum atomic E-state index is -2.91. The van der Waals surface area contributed by atoms with Crippen molar-refractivity contribution in [3.8, 4) is 0 Å². The third-order valence-electron chi connectivity index (χ3n) is 3.10. The number of hydrogen-bond acceptors (Lipinski definition) is 3. The van der Waals surface area contributed by atoms with E-state index in [1.165, 1.54) is 0 Å². The number of sulfone groups is 1. The van der Waals surface area contributed by atoms with Crippen molar-refractivity contribution in [2.24, 2.45) is 5.92 Å². The highest BCUT2D eigenvalue weighted by Gasteiger charge is 2.34. The molecule has 4 heteroatoms. The highest BCUT2D eigenvalue weighted by atomic mass is 32.2. The summed E-state index contributed by atoms with van der Waals surface area (Å²) in [6, 6.07) is 0.169. The van der Waals surface area contributed by atoms with Gasteiger partial charge in [0.1, 0.15) is 0 Å². The average Bonchev–Trinajstić information content (AvgIpc) is 2.16. The van der Waals surface area contributed by atoms with E-state index < -0.39 is 9.84 Å². The Morgan fingerprint density at radius 2 is 1.87 bits per heavy atom. The molecule has 0 aromatic carbocycles. The molecule has 1 rings (SSSR count). The summed E-state index contributed by atoms with van der Waals surface area (Å²) in [4.78, 5) is 0. The van der Waals surface area contributed by atoms with E-state index in [-0.39, 0.29) is 17.2 Å². The molecule has 2 atom stereocenters. The van der Waals surface area contributed by atoms with Gasteiger partial charge in [-0.2, -0.15) is 0 Å². The summed E-state index contributed by atoms with van der Waals surface area (Å²) in [5, 5.41) is 3.00. The van der Waals surface area contributed by atoms with Gasteiger partial charge in [0, 0.05) is 6.04 Å². The molecule has 0 aliphatic heterocycles. The van der Waals surface area contributed by atoms with Crippen LogP contribution in [0.25, 0.3) is 0 Å². The fraction of sp³-hybridized carbons (Fsp3) is 1.00. The lowest BCUT2D eigenvalue weighted by Crippen LogP contribution is -2.46. The molecule has 15 heavy (non-hydrogen) atoms. The Hall–Kier alpha value is -0.0900. The summed E-state index contributed by atoms with van der Waals surface area (Å²) in [5.74, 6) is 0.560. The van der Waals surface area contributed by atoms with Gasteiger partial charge in [0.15, 0.2) is 9.84 Å². The first-order chi connectivity index (χ1) is 6.97. The molecule has 0 radical (unpaired) electrons. The van der Waals surface area contributed by atoms with Gasteiger partial charge < -0.3 is 5.32 Å². The summed E-state index contributed by atoms with van der Waals surface area (Å²) in [7, 11) is -1.04. The SMILES string of the molecule is CNC1CCCCC1S(=O)(=O)CC(C)C. The van der Waals surface area contributed by atoms with E-state index in [4.69, 9.17) is 0 Å². The second-order valence-electron chi connectivity index (χ2n) is 4.94. The Bertz CT molecular complexity index is 285. The van der Waals surface area contributed by atoms with Crippen LogP contribution < -0.4 is 5.32 Å². The summed E-state index contributed by atoms with van der Waals surface area (Å²) in [5.41, 5.74) is 0. The van der Waals surface area contributed by atoms with Gasteiger partial charge >= 0.3 is 0 Å². The van der Waals surface area contributed by atoms with E-state index >= 15 is 0 Å². The lowest BCUT2D eigenvalue weighted by molar-refractivity contribution is 0.388. The lowest BCUT2D eigenvalue weighted by atomic mass is 9.95. The zero-order valence-electron chi connectivity index (χ0n) is 9.99. The van der Waals surface area contributed by atoms with Crippen LogP contribution in [-0.4, -0.2) is 32.5 Å². The monoisotopic (exact) mass is 233 g/mol. The molecule has 0 aromatic rings. The second kappa shape index (κ2) is 5.30. The Labute approximate surface area is 93.6 Å². The van der Waals surface area contributed by atoms with Crippen LogP contribution in [0.15, 0.2) is 0 Å². The molecule has 0 aromatic heterocycles. The largest absolute Gasteiger partial charge is 0.316 e. The van der Waals surface area contributed by atoms with Crippen molar-refractivity contribution in [3.63, 3.8) is 0 Å². The van der Waals surface area contributed by atoms with Gasteiger partial charge in [-0.05, 0) is 25.8 Å². The topological polar surface area (TPSA) is 46.2 Å². The highest BCUT2D eigenvalue weighted by molar-refractivity contribution is 7.92. The number of nitrogens with one attached hydrogen (secondary N) is 1. The first-order valence-electron chi connectivity index (χ1n) is 5.86. The van der Waals surface area contributed by atoms with Gasteiger partial charge in [-0.15, -0.1) is 0 Å². The zero-order valence-corrected chi connectivity index (χ0v) is 10.8. The third-order valence-corrected chi connectivity index (χ3v) is 5.72. The molecule has 0 saturated heterocycles. The summed E-state index contributed by atoms with van der Waals surface area (Å²) in [6.07, 6.45) is 4.04. The molecule has 1 N–H and O–H groups in total. The molecule has 1 aliphatic rings. The summed E-state index contributed by atoms with van der Waals surface area (Å²) in [6.45, 7) is 3.93. The molecule has 0 amide bonds. The highest BCUT2D eigenvalue weighted by Crippen LogP contribution is 2.25. The van der Waals surface area contributed by atoms with E-state index in [1.54, 1.807) is 0 Å². The van der Waals surface area contributed by atoms with Crippen molar-refractivity contribution in [2.45, 2.75) is 50.8 Å². The predicted octanol–water partition coefficient (Wildman–Crippen LogP) is 1.59. The Morgan fingerprint density at radius 3 is 2.40 bits per heavy atom. The normalized spacial score (nSPS) is 28.3. The third kappa shape index (κ3) is 3.45. The molecule has 1 saturated carbocycles. The standard InChI is InChI=1S/C11H23NO2S/c1-9(2)8-15(13,14)11-7-5-4-6-10(11)12-3/h9-12H,4-8H2,1-3H3. The van der Waals surface area contributed by atoms with Crippen molar-refractivity contribution < 1.29 is 8.42 Å². The van der Waals surface area contributed by atoms with Crippen molar-refractivity contribution in [1.29, 1.82) is 0 Å². The van der Waals surface area contributed by atoms with E-state index in [0.29, 0.717) is 5.75 Å². The first kappa shape index (κ1) is 13.0. The second-order valence-corrected chi connectivity index (χ2v) is 7.21. The molecule has 0 spiro atoms. The fourth-order valence-corrected chi connectivity index (χ4v) is 4.92. The molecule has 90 valence electrons. The van der Waals surface area contributed by atoms with Gasteiger partial charge in [-0.1, -0.05) is 26.7 Å². The van der Waals surface area contributed by atoms with Crippen molar-refractivity contribution >= 4 is 9.84 Å². The van der Waals surface area contributed by atoms with Crippen LogP contribution in [0, 0.1) is 5.92 Å².